The molecule has 0 bridgehead atoms. The van der Waals surface area contributed by atoms with Gasteiger partial charge in [-0.3, -0.25) is 9.89 Å². The van der Waals surface area contributed by atoms with Gasteiger partial charge in [-0.2, -0.15) is 0 Å². The molecule has 4 nitrogen and oxygen atoms in total. The highest BCUT2D eigenvalue weighted by atomic mass is 35.5. The number of carbonyl (C=O) groups is 1. The van der Waals surface area contributed by atoms with E-state index in [0.29, 0.717) is 6.67 Å². The van der Waals surface area contributed by atoms with Gasteiger partial charge in [-0.25, -0.2) is 4.79 Å². The lowest BCUT2D eigenvalue weighted by Crippen LogP contribution is -2.32. The average Bonchev–Trinajstić information content (AvgIpc) is 1.90. The minimum Gasteiger partial charge on any atom is -0.351 e. The van der Waals surface area contributed by atoms with E-state index in [0.717, 1.165) is 0 Å². The van der Waals surface area contributed by atoms with Crippen LogP contribution >= 0.6 is 12.4 Å². The van der Waals surface area contributed by atoms with E-state index in [-0.39, 0.29) is 12.4 Å². The van der Waals surface area contributed by atoms with Crippen molar-refractivity contribution in [3.8, 4) is 0 Å². The SMILES string of the molecule is Cl.NC(=O)N1C=CC=NC1. The molecule has 0 aromatic heterocycles. The third kappa shape index (κ3) is 2.06. The van der Waals surface area contributed by atoms with Crippen molar-refractivity contribution in [3.63, 3.8) is 0 Å². The van der Waals surface area contributed by atoms with Crippen molar-refractivity contribution in [3.05, 3.63) is 12.3 Å². The van der Waals surface area contributed by atoms with Crippen molar-refractivity contribution in [2.24, 2.45) is 10.7 Å². The second kappa shape index (κ2) is 3.90. The quantitative estimate of drug-likeness (QED) is 0.548. The van der Waals surface area contributed by atoms with Gasteiger partial charge in [0.2, 0.25) is 0 Å². The van der Waals surface area contributed by atoms with Crippen LogP contribution in [0.5, 0.6) is 0 Å². The number of urea groups is 1. The molecule has 0 saturated carbocycles. The molecule has 0 radical (unpaired) electrons. The summed E-state index contributed by atoms with van der Waals surface area (Å²) >= 11 is 0. The summed E-state index contributed by atoms with van der Waals surface area (Å²) in [6, 6.07) is -0.469. The zero-order chi connectivity index (χ0) is 6.69. The summed E-state index contributed by atoms with van der Waals surface area (Å²) in [5, 5.41) is 0. The van der Waals surface area contributed by atoms with E-state index >= 15 is 0 Å². The second-order valence-electron chi connectivity index (χ2n) is 1.62. The van der Waals surface area contributed by atoms with Crippen LogP contribution in [0.3, 0.4) is 0 Å². The fourth-order valence-electron chi connectivity index (χ4n) is 0.529. The van der Waals surface area contributed by atoms with E-state index in [1.54, 1.807) is 18.5 Å². The number of amides is 2. The van der Waals surface area contributed by atoms with Crippen LogP contribution in [-0.4, -0.2) is 23.8 Å². The topological polar surface area (TPSA) is 58.7 Å². The zero-order valence-electron chi connectivity index (χ0n) is 5.23. The number of nitrogens with two attached hydrogens (primary N) is 1. The molecule has 0 aromatic rings. The number of hydrogen-bond acceptors (Lipinski definition) is 2. The van der Waals surface area contributed by atoms with E-state index in [4.69, 9.17) is 5.73 Å². The van der Waals surface area contributed by atoms with Crippen LogP contribution in [0.15, 0.2) is 17.3 Å². The van der Waals surface area contributed by atoms with Crippen LogP contribution in [-0.2, 0) is 0 Å². The minimum atomic E-state index is -0.469. The van der Waals surface area contributed by atoms with E-state index in [1.807, 2.05) is 0 Å². The second-order valence-corrected chi connectivity index (χ2v) is 1.62. The van der Waals surface area contributed by atoms with Gasteiger partial charge in [0.15, 0.2) is 0 Å². The summed E-state index contributed by atoms with van der Waals surface area (Å²) < 4.78 is 0. The Hall–Kier alpha value is -1.03. The Balaban J connectivity index is 0.000000810. The lowest BCUT2D eigenvalue weighted by Gasteiger charge is -2.13. The maximum atomic E-state index is 10.4. The van der Waals surface area contributed by atoms with Gasteiger partial charge in [-0.15, -0.1) is 12.4 Å². The highest BCUT2D eigenvalue weighted by molar-refractivity contribution is 5.85. The van der Waals surface area contributed by atoms with Crippen LogP contribution in [0, 0.1) is 0 Å². The number of carbonyl (C=O) groups excluding carboxylic acids is 1. The van der Waals surface area contributed by atoms with Crippen molar-refractivity contribution >= 4 is 24.7 Å². The Morgan fingerprint density at radius 2 is 2.40 bits per heavy atom. The predicted octanol–water partition coefficient (Wildman–Crippen LogP) is 0.345. The molecule has 1 rings (SSSR count). The Morgan fingerprint density at radius 3 is 2.70 bits per heavy atom. The standard InChI is InChI=1S/C5H7N3O.ClH/c6-5(9)8-3-1-2-7-4-8;/h1-3H,4H2,(H2,6,9);1H. The van der Waals surface area contributed by atoms with Crippen molar-refractivity contribution in [1.82, 2.24) is 4.90 Å². The monoisotopic (exact) mass is 161 g/mol. The third-order valence-electron chi connectivity index (χ3n) is 0.975. The summed E-state index contributed by atoms with van der Waals surface area (Å²) in [4.78, 5) is 15.5. The highest BCUT2D eigenvalue weighted by Crippen LogP contribution is 1.92. The molecule has 0 spiro atoms. The van der Waals surface area contributed by atoms with Gasteiger partial charge in [0.25, 0.3) is 0 Å². The normalized spacial score (nSPS) is 14.6. The van der Waals surface area contributed by atoms with E-state index < -0.39 is 6.03 Å². The Morgan fingerprint density at radius 1 is 1.70 bits per heavy atom. The Bertz CT molecular complexity index is 178. The number of primary amides is 1. The average molecular weight is 162 g/mol. The molecule has 0 fully saturated rings. The smallest absolute Gasteiger partial charge is 0.320 e. The maximum Gasteiger partial charge on any atom is 0.320 e. The van der Waals surface area contributed by atoms with Gasteiger partial charge in [-0.05, 0) is 6.08 Å². The van der Waals surface area contributed by atoms with Crippen LogP contribution in [0.2, 0.25) is 0 Å². The fourth-order valence-corrected chi connectivity index (χ4v) is 0.529. The molecule has 0 aliphatic carbocycles. The van der Waals surface area contributed by atoms with E-state index in [9.17, 15) is 4.79 Å². The van der Waals surface area contributed by atoms with Crippen LogP contribution in [0.4, 0.5) is 4.79 Å². The zero-order valence-corrected chi connectivity index (χ0v) is 6.04. The van der Waals surface area contributed by atoms with Gasteiger partial charge in [0.05, 0.1) is 0 Å². The predicted molar refractivity (Wildman–Crippen MR) is 41.2 cm³/mol. The first kappa shape index (κ1) is 8.97. The first-order valence-electron chi connectivity index (χ1n) is 2.53. The van der Waals surface area contributed by atoms with Gasteiger partial charge >= 0.3 is 6.03 Å². The number of aliphatic imine (C=N–C) groups is 1. The van der Waals surface area contributed by atoms with Crippen molar-refractivity contribution in [1.29, 1.82) is 0 Å². The van der Waals surface area contributed by atoms with Crippen LogP contribution < -0.4 is 5.73 Å². The number of nitrogens with zero attached hydrogens (tertiary/aromatic N) is 2. The molecule has 1 aliphatic heterocycles. The van der Waals surface area contributed by atoms with E-state index in [2.05, 4.69) is 4.99 Å². The molecule has 1 heterocycles. The highest BCUT2D eigenvalue weighted by Gasteiger charge is 2.03. The number of hydrogen-bond donors (Lipinski definition) is 1. The molecule has 2 amide bonds. The van der Waals surface area contributed by atoms with Gasteiger partial charge in [0.1, 0.15) is 6.67 Å². The molecule has 0 unspecified atom stereocenters. The maximum absolute atomic E-state index is 10.4. The largest absolute Gasteiger partial charge is 0.351 e. The molecule has 1 aliphatic rings. The molecular formula is C5H8ClN3O. The molecule has 2 N–H and O–H groups in total. The summed E-state index contributed by atoms with van der Waals surface area (Å²) in [7, 11) is 0. The molecule has 10 heavy (non-hydrogen) atoms. The minimum absolute atomic E-state index is 0. The van der Waals surface area contributed by atoms with E-state index in [1.165, 1.54) is 4.90 Å². The summed E-state index contributed by atoms with van der Waals surface area (Å²) in [5.41, 5.74) is 4.93. The van der Waals surface area contributed by atoms with Crippen molar-refractivity contribution < 1.29 is 4.79 Å². The molecule has 56 valence electrons. The Labute approximate surface area is 64.8 Å². The van der Waals surface area contributed by atoms with Gasteiger partial charge in [0, 0.05) is 12.4 Å². The summed E-state index contributed by atoms with van der Waals surface area (Å²) in [5.74, 6) is 0. The van der Waals surface area contributed by atoms with Gasteiger partial charge in [-0.1, -0.05) is 0 Å². The molecule has 0 atom stereocenters. The molecule has 5 heteroatoms. The van der Waals surface area contributed by atoms with Crippen molar-refractivity contribution in [2.45, 2.75) is 0 Å². The lowest BCUT2D eigenvalue weighted by atomic mass is 10.5. The molecule has 0 aromatic carbocycles. The van der Waals surface area contributed by atoms with Crippen LogP contribution in [0.1, 0.15) is 0 Å². The molecule has 0 saturated heterocycles. The molecular weight excluding hydrogens is 154 g/mol. The first-order chi connectivity index (χ1) is 4.30. The Kier molecular flexibility index (Phi) is 3.49. The number of rotatable bonds is 0. The van der Waals surface area contributed by atoms with Crippen molar-refractivity contribution in [2.75, 3.05) is 6.67 Å². The fraction of sp³-hybridized carbons (Fsp3) is 0.200. The first-order valence-corrected chi connectivity index (χ1v) is 2.53. The third-order valence-corrected chi connectivity index (χ3v) is 0.975. The van der Waals surface area contributed by atoms with Crippen LogP contribution in [0.25, 0.3) is 0 Å². The lowest BCUT2D eigenvalue weighted by molar-refractivity contribution is 0.225. The summed E-state index contributed by atoms with van der Waals surface area (Å²) in [6.45, 7) is 0.339. The number of halogens is 1. The number of allylic oxidation sites excluding steroid dienone is 1. The van der Waals surface area contributed by atoms with Gasteiger partial charge < -0.3 is 5.73 Å². The summed E-state index contributed by atoms with van der Waals surface area (Å²) in [6.07, 6.45) is 4.88.